The first-order valence-electron chi connectivity index (χ1n) is 9.04. The van der Waals surface area contributed by atoms with Crippen LogP contribution in [-0.4, -0.2) is 11.9 Å². The van der Waals surface area contributed by atoms with E-state index in [2.05, 4.69) is 20.1 Å². The molecule has 0 atom stereocenters. The number of nitrogens with zero attached hydrogens (tertiary/aromatic N) is 6. The Kier molecular flexibility index (Phi) is 5.19. The highest BCUT2D eigenvalue weighted by Crippen LogP contribution is 2.32. The van der Waals surface area contributed by atoms with Crippen LogP contribution in [0.4, 0.5) is 11.4 Å². The highest BCUT2D eigenvalue weighted by Gasteiger charge is 2.23. The van der Waals surface area contributed by atoms with Crippen molar-refractivity contribution in [3.05, 3.63) is 105 Å². The summed E-state index contributed by atoms with van der Waals surface area (Å²) in [5, 5.41) is 9.47. The summed E-state index contributed by atoms with van der Waals surface area (Å²) in [5.74, 6) is -1.96. The van der Waals surface area contributed by atoms with Gasteiger partial charge in [0.1, 0.15) is 0 Å². The molecular weight excluding hydrogens is 396 g/mol. The van der Waals surface area contributed by atoms with Gasteiger partial charge in [0.05, 0.1) is 22.5 Å². The molecule has 4 aromatic rings. The molecule has 0 fully saturated rings. The molecule has 0 aromatic heterocycles. The van der Waals surface area contributed by atoms with E-state index in [-0.39, 0.29) is 22.5 Å². The Morgan fingerprint density at radius 3 is 1.48 bits per heavy atom. The second-order valence-corrected chi connectivity index (χ2v) is 6.42. The van der Waals surface area contributed by atoms with Crippen LogP contribution in [0.2, 0.25) is 0 Å². The van der Waals surface area contributed by atoms with Crippen molar-refractivity contribution in [2.45, 2.75) is 0 Å². The molecule has 0 spiro atoms. The summed E-state index contributed by atoms with van der Waals surface area (Å²) in [4.78, 5) is 31.5. The number of carbonyl (C=O) groups excluding carboxylic acids is 2. The maximum absolute atomic E-state index is 13.0. The average molecular weight is 408 g/mol. The number of ether oxygens (including phenoxy) is 1. The molecule has 0 aliphatic heterocycles. The van der Waals surface area contributed by atoms with Crippen LogP contribution < -0.4 is 0 Å². The SMILES string of the molecule is [N-]=[N+]=Nc1ccc2ccccc2c1C(=O)OC(=O)c1c(N=[N+]=[N-])ccc2ccccc12. The van der Waals surface area contributed by atoms with Gasteiger partial charge in [0.25, 0.3) is 0 Å². The molecule has 0 bridgehead atoms. The normalized spacial score (nSPS) is 10.2. The molecule has 31 heavy (non-hydrogen) atoms. The van der Waals surface area contributed by atoms with Crippen molar-refractivity contribution in [3.63, 3.8) is 0 Å². The van der Waals surface area contributed by atoms with Gasteiger partial charge in [-0.1, -0.05) is 83.0 Å². The number of fused-ring (bicyclic) bond motifs is 2. The quantitative estimate of drug-likeness (QED) is 0.119. The Balaban J connectivity index is 1.83. The lowest BCUT2D eigenvalue weighted by atomic mass is 10.0. The lowest BCUT2D eigenvalue weighted by molar-refractivity contribution is 0.0402. The lowest BCUT2D eigenvalue weighted by Crippen LogP contribution is -2.14. The van der Waals surface area contributed by atoms with E-state index in [9.17, 15) is 9.59 Å². The molecule has 4 aromatic carbocycles. The van der Waals surface area contributed by atoms with Crippen molar-refractivity contribution in [3.8, 4) is 0 Å². The predicted octanol–water partition coefficient (Wildman–Crippen LogP) is 6.87. The Morgan fingerprint density at radius 2 is 1.06 bits per heavy atom. The van der Waals surface area contributed by atoms with E-state index < -0.39 is 11.9 Å². The number of azide groups is 2. The minimum atomic E-state index is -0.982. The van der Waals surface area contributed by atoms with Crippen molar-refractivity contribution in [2.75, 3.05) is 0 Å². The number of carbonyl (C=O) groups is 2. The summed E-state index contributed by atoms with van der Waals surface area (Å²) in [6, 6.07) is 20.2. The molecule has 0 saturated carbocycles. The van der Waals surface area contributed by atoms with Gasteiger partial charge in [-0.25, -0.2) is 9.59 Å². The molecule has 0 heterocycles. The summed E-state index contributed by atoms with van der Waals surface area (Å²) in [5.41, 5.74) is 17.7. The topological polar surface area (TPSA) is 141 Å². The van der Waals surface area contributed by atoms with Crippen molar-refractivity contribution in [1.82, 2.24) is 0 Å². The first kappa shape index (κ1) is 19.5. The number of esters is 2. The Labute approximate surface area is 174 Å². The van der Waals surface area contributed by atoms with Gasteiger partial charge in [0.15, 0.2) is 0 Å². The van der Waals surface area contributed by atoms with Crippen LogP contribution in [0.5, 0.6) is 0 Å². The van der Waals surface area contributed by atoms with Gasteiger partial charge in [-0.2, -0.15) is 0 Å². The fourth-order valence-electron chi connectivity index (χ4n) is 3.40. The maximum atomic E-state index is 13.0. The summed E-state index contributed by atoms with van der Waals surface area (Å²) < 4.78 is 5.17. The van der Waals surface area contributed by atoms with Crippen LogP contribution in [-0.2, 0) is 4.74 Å². The van der Waals surface area contributed by atoms with Gasteiger partial charge in [0, 0.05) is 9.82 Å². The highest BCUT2D eigenvalue weighted by atomic mass is 16.6. The van der Waals surface area contributed by atoms with E-state index in [0.717, 1.165) is 0 Å². The largest absolute Gasteiger partial charge is 0.386 e. The van der Waals surface area contributed by atoms with E-state index in [0.29, 0.717) is 21.5 Å². The molecule has 0 radical (unpaired) electrons. The van der Waals surface area contributed by atoms with Crippen molar-refractivity contribution >= 4 is 44.9 Å². The van der Waals surface area contributed by atoms with Gasteiger partial charge in [-0.05, 0) is 32.6 Å². The molecule has 148 valence electrons. The van der Waals surface area contributed by atoms with E-state index in [4.69, 9.17) is 15.8 Å². The molecule has 9 nitrogen and oxygen atoms in total. The molecule has 0 saturated heterocycles. The summed E-state index contributed by atoms with van der Waals surface area (Å²) in [6.07, 6.45) is 0. The van der Waals surface area contributed by atoms with Crippen LogP contribution in [0, 0.1) is 0 Å². The van der Waals surface area contributed by atoms with Crippen LogP contribution in [0.3, 0.4) is 0 Å². The second-order valence-electron chi connectivity index (χ2n) is 6.42. The molecule has 0 amide bonds. The van der Waals surface area contributed by atoms with Gasteiger partial charge in [-0.3, -0.25) is 0 Å². The van der Waals surface area contributed by atoms with Crippen LogP contribution in [0.15, 0.2) is 83.0 Å². The van der Waals surface area contributed by atoms with Crippen molar-refractivity contribution in [2.24, 2.45) is 10.2 Å². The second kappa shape index (κ2) is 8.26. The zero-order valence-electron chi connectivity index (χ0n) is 15.8. The first-order valence-corrected chi connectivity index (χ1v) is 9.04. The maximum Gasteiger partial charge on any atom is 0.347 e. The fourth-order valence-corrected chi connectivity index (χ4v) is 3.40. The Hall–Kier alpha value is -4.84. The zero-order valence-corrected chi connectivity index (χ0v) is 15.8. The number of benzene rings is 4. The lowest BCUT2D eigenvalue weighted by Gasteiger charge is -2.11. The monoisotopic (exact) mass is 408 g/mol. The van der Waals surface area contributed by atoms with Gasteiger partial charge >= 0.3 is 11.9 Å². The van der Waals surface area contributed by atoms with Crippen molar-refractivity contribution in [1.29, 1.82) is 0 Å². The molecule has 4 rings (SSSR count). The molecular formula is C22H12N6O3. The molecule has 0 aliphatic carbocycles. The van der Waals surface area contributed by atoms with E-state index in [1.165, 1.54) is 12.1 Å². The number of hydrogen-bond donors (Lipinski definition) is 0. The van der Waals surface area contributed by atoms with E-state index in [1.807, 2.05) is 0 Å². The molecule has 9 heteroatoms. The van der Waals surface area contributed by atoms with E-state index >= 15 is 0 Å². The van der Waals surface area contributed by atoms with Crippen LogP contribution in [0.25, 0.3) is 42.4 Å². The van der Waals surface area contributed by atoms with E-state index in [1.54, 1.807) is 60.7 Å². The number of hydrogen-bond acceptors (Lipinski definition) is 5. The number of rotatable bonds is 4. The standard InChI is InChI=1S/C22H12N6O3/c23-27-25-17-11-9-13-5-1-3-7-15(13)19(17)21(29)31-22(30)20-16-8-4-2-6-14(16)10-12-18(20)26-28-24/h1-12H. The molecule has 0 N–H and O–H groups in total. The predicted molar refractivity (Wildman–Crippen MR) is 115 cm³/mol. The zero-order chi connectivity index (χ0) is 21.8. The van der Waals surface area contributed by atoms with Gasteiger partial charge < -0.3 is 4.74 Å². The summed E-state index contributed by atoms with van der Waals surface area (Å²) in [7, 11) is 0. The highest BCUT2D eigenvalue weighted by molar-refractivity contribution is 6.16. The minimum absolute atomic E-state index is 0.0326. The Morgan fingerprint density at radius 1 is 0.645 bits per heavy atom. The van der Waals surface area contributed by atoms with Crippen LogP contribution in [0.1, 0.15) is 20.7 Å². The smallest absolute Gasteiger partial charge is 0.347 e. The summed E-state index contributed by atoms with van der Waals surface area (Å²) in [6.45, 7) is 0. The molecule has 0 unspecified atom stereocenters. The van der Waals surface area contributed by atoms with Gasteiger partial charge in [0.2, 0.25) is 0 Å². The molecule has 0 aliphatic rings. The van der Waals surface area contributed by atoms with Gasteiger partial charge in [-0.15, -0.1) is 0 Å². The Bertz CT molecular complexity index is 1360. The van der Waals surface area contributed by atoms with Crippen molar-refractivity contribution < 1.29 is 14.3 Å². The third-order valence-electron chi connectivity index (χ3n) is 4.71. The first-order chi connectivity index (χ1) is 15.1. The third kappa shape index (κ3) is 3.61. The third-order valence-corrected chi connectivity index (χ3v) is 4.71. The minimum Gasteiger partial charge on any atom is -0.386 e. The summed E-state index contributed by atoms with van der Waals surface area (Å²) >= 11 is 0. The van der Waals surface area contributed by atoms with Crippen LogP contribution >= 0.6 is 0 Å². The fraction of sp³-hybridized carbons (Fsp3) is 0. The average Bonchev–Trinajstić information content (AvgIpc) is 2.79.